The smallest absolute Gasteiger partial charge is 0.131 e. The summed E-state index contributed by atoms with van der Waals surface area (Å²) in [6.07, 6.45) is 5.19. The maximum Gasteiger partial charge on any atom is 0.131 e. The Balaban J connectivity index is 2.11. The van der Waals surface area contributed by atoms with E-state index in [1.54, 1.807) is 0 Å². The molecule has 1 saturated carbocycles. The Kier molecular flexibility index (Phi) is 4.92. The molecule has 3 heteroatoms. The second kappa shape index (κ2) is 6.47. The molecule has 0 amide bonds. The fraction of sp³-hybridized carbons (Fsp3) is 0.750. The average Bonchev–Trinajstić information content (AvgIpc) is 2.36. The van der Waals surface area contributed by atoms with Crippen molar-refractivity contribution in [3.05, 3.63) is 23.3 Å². The standard InChI is InChI=1S/C16H27N3/c1-11(2)17-10-15-9-13(4)18-16(19-15)14-7-5-6-12(3)8-14/h9,11-12,14,17H,5-8,10H2,1-4H3. The van der Waals surface area contributed by atoms with Crippen LogP contribution in [0.5, 0.6) is 0 Å². The molecule has 1 N–H and O–H groups in total. The van der Waals surface area contributed by atoms with Gasteiger partial charge in [0.05, 0.1) is 5.69 Å². The molecule has 106 valence electrons. The molecule has 19 heavy (non-hydrogen) atoms. The summed E-state index contributed by atoms with van der Waals surface area (Å²) in [4.78, 5) is 9.47. The monoisotopic (exact) mass is 261 g/mol. The van der Waals surface area contributed by atoms with Gasteiger partial charge in [-0.05, 0) is 31.7 Å². The first kappa shape index (κ1) is 14.4. The molecule has 0 aliphatic heterocycles. The van der Waals surface area contributed by atoms with E-state index in [1.807, 2.05) is 0 Å². The lowest BCUT2D eigenvalue weighted by molar-refractivity contribution is 0.334. The normalized spacial score (nSPS) is 23.8. The van der Waals surface area contributed by atoms with E-state index in [4.69, 9.17) is 4.98 Å². The number of rotatable bonds is 4. The molecule has 0 radical (unpaired) electrons. The van der Waals surface area contributed by atoms with Gasteiger partial charge in [-0.1, -0.05) is 33.6 Å². The zero-order valence-electron chi connectivity index (χ0n) is 12.7. The van der Waals surface area contributed by atoms with Crippen molar-refractivity contribution >= 4 is 0 Å². The quantitative estimate of drug-likeness (QED) is 0.900. The molecule has 2 rings (SSSR count). The van der Waals surface area contributed by atoms with Crippen molar-refractivity contribution in [2.75, 3.05) is 0 Å². The van der Waals surface area contributed by atoms with Crippen LogP contribution in [0.1, 0.15) is 69.6 Å². The molecule has 0 saturated heterocycles. The molecular formula is C16H27N3. The van der Waals surface area contributed by atoms with Crippen molar-refractivity contribution in [3.8, 4) is 0 Å². The summed E-state index contributed by atoms with van der Waals surface area (Å²) >= 11 is 0. The van der Waals surface area contributed by atoms with Gasteiger partial charge >= 0.3 is 0 Å². The molecule has 3 nitrogen and oxygen atoms in total. The van der Waals surface area contributed by atoms with Crippen LogP contribution < -0.4 is 5.32 Å². The van der Waals surface area contributed by atoms with Crippen LogP contribution >= 0.6 is 0 Å². The number of aromatic nitrogens is 2. The van der Waals surface area contributed by atoms with E-state index >= 15 is 0 Å². The number of hydrogen-bond donors (Lipinski definition) is 1. The summed E-state index contributed by atoms with van der Waals surface area (Å²) in [6, 6.07) is 2.60. The summed E-state index contributed by atoms with van der Waals surface area (Å²) < 4.78 is 0. The lowest BCUT2D eigenvalue weighted by Crippen LogP contribution is -2.23. The van der Waals surface area contributed by atoms with E-state index in [1.165, 1.54) is 25.7 Å². The second-order valence-corrected chi connectivity index (χ2v) is 6.36. The number of nitrogens with one attached hydrogen (secondary N) is 1. The van der Waals surface area contributed by atoms with Gasteiger partial charge in [0.15, 0.2) is 0 Å². The van der Waals surface area contributed by atoms with Gasteiger partial charge in [0, 0.05) is 24.2 Å². The van der Waals surface area contributed by atoms with Crippen molar-refractivity contribution in [2.45, 2.75) is 71.9 Å². The molecule has 2 atom stereocenters. The predicted molar refractivity (Wildman–Crippen MR) is 79.1 cm³/mol. The molecule has 1 fully saturated rings. The Hall–Kier alpha value is -0.960. The lowest BCUT2D eigenvalue weighted by atomic mass is 9.82. The van der Waals surface area contributed by atoms with E-state index in [2.05, 4.69) is 44.1 Å². The highest BCUT2D eigenvalue weighted by Crippen LogP contribution is 2.34. The Bertz CT molecular complexity index is 414. The van der Waals surface area contributed by atoms with Crippen molar-refractivity contribution in [1.29, 1.82) is 0 Å². The predicted octanol–water partition coefficient (Wildman–Crippen LogP) is 3.58. The van der Waals surface area contributed by atoms with Crippen molar-refractivity contribution in [3.63, 3.8) is 0 Å². The minimum Gasteiger partial charge on any atom is -0.309 e. The first-order valence-electron chi connectivity index (χ1n) is 7.62. The van der Waals surface area contributed by atoms with Crippen molar-refractivity contribution in [2.24, 2.45) is 5.92 Å². The Morgan fingerprint density at radius 2 is 2.11 bits per heavy atom. The van der Waals surface area contributed by atoms with Crippen LogP contribution in [-0.4, -0.2) is 16.0 Å². The molecule has 1 aliphatic rings. The zero-order valence-corrected chi connectivity index (χ0v) is 12.7. The SMILES string of the molecule is Cc1cc(CNC(C)C)nc(C2CCCC(C)C2)n1. The molecule has 1 aromatic heterocycles. The van der Waals surface area contributed by atoms with Gasteiger partial charge in [0.25, 0.3) is 0 Å². The zero-order chi connectivity index (χ0) is 13.8. The molecule has 0 bridgehead atoms. The molecule has 1 aliphatic carbocycles. The van der Waals surface area contributed by atoms with Gasteiger partial charge in [0.1, 0.15) is 5.82 Å². The minimum absolute atomic E-state index is 0.494. The van der Waals surface area contributed by atoms with Crippen LogP contribution in [-0.2, 0) is 6.54 Å². The third-order valence-electron chi connectivity index (χ3n) is 3.92. The fourth-order valence-electron chi connectivity index (χ4n) is 2.91. The highest BCUT2D eigenvalue weighted by atomic mass is 15.0. The lowest BCUT2D eigenvalue weighted by Gasteiger charge is -2.26. The maximum absolute atomic E-state index is 4.79. The second-order valence-electron chi connectivity index (χ2n) is 6.36. The summed E-state index contributed by atoms with van der Waals surface area (Å²) in [6.45, 7) is 9.60. The molecule has 1 aromatic rings. The van der Waals surface area contributed by atoms with Crippen LogP contribution in [0.2, 0.25) is 0 Å². The van der Waals surface area contributed by atoms with Crippen molar-refractivity contribution < 1.29 is 0 Å². The molecule has 2 unspecified atom stereocenters. The molecular weight excluding hydrogens is 234 g/mol. The Morgan fingerprint density at radius 3 is 2.79 bits per heavy atom. The van der Waals surface area contributed by atoms with E-state index in [0.717, 1.165) is 29.7 Å². The maximum atomic E-state index is 4.79. The number of hydrogen-bond acceptors (Lipinski definition) is 3. The minimum atomic E-state index is 0.494. The summed E-state index contributed by atoms with van der Waals surface area (Å²) in [5.74, 6) is 2.47. The third-order valence-corrected chi connectivity index (χ3v) is 3.92. The largest absolute Gasteiger partial charge is 0.309 e. The first-order chi connectivity index (χ1) is 9.04. The average molecular weight is 261 g/mol. The van der Waals surface area contributed by atoms with E-state index in [9.17, 15) is 0 Å². The van der Waals surface area contributed by atoms with Gasteiger partial charge < -0.3 is 5.32 Å². The van der Waals surface area contributed by atoms with Crippen LogP contribution in [0.3, 0.4) is 0 Å². The Morgan fingerprint density at radius 1 is 1.32 bits per heavy atom. The van der Waals surface area contributed by atoms with E-state index in [0.29, 0.717) is 12.0 Å². The number of aryl methyl sites for hydroxylation is 1. The van der Waals surface area contributed by atoms with E-state index in [-0.39, 0.29) is 0 Å². The van der Waals surface area contributed by atoms with Crippen LogP contribution in [0.15, 0.2) is 6.07 Å². The van der Waals surface area contributed by atoms with Crippen LogP contribution in [0.25, 0.3) is 0 Å². The fourth-order valence-corrected chi connectivity index (χ4v) is 2.91. The Labute approximate surface area is 117 Å². The molecule has 0 aromatic carbocycles. The van der Waals surface area contributed by atoms with Crippen molar-refractivity contribution in [1.82, 2.24) is 15.3 Å². The molecule has 1 heterocycles. The topological polar surface area (TPSA) is 37.8 Å². The van der Waals surface area contributed by atoms with Crippen LogP contribution in [0, 0.1) is 12.8 Å². The first-order valence-corrected chi connectivity index (χ1v) is 7.62. The highest BCUT2D eigenvalue weighted by molar-refractivity contribution is 5.13. The van der Waals surface area contributed by atoms with Gasteiger partial charge in [-0.2, -0.15) is 0 Å². The van der Waals surface area contributed by atoms with Gasteiger partial charge in [-0.15, -0.1) is 0 Å². The summed E-state index contributed by atoms with van der Waals surface area (Å²) in [7, 11) is 0. The van der Waals surface area contributed by atoms with E-state index < -0.39 is 0 Å². The summed E-state index contributed by atoms with van der Waals surface area (Å²) in [5, 5.41) is 3.44. The summed E-state index contributed by atoms with van der Waals surface area (Å²) in [5.41, 5.74) is 2.23. The van der Waals surface area contributed by atoms with Gasteiger partial charge in [-0.3, -0.25) is 0 Å². The highest BCUT2D eigenvalue weighted by Gasteiger charge is 2.23. The third kappa shape index (κ3) is 4.27. The van der Waals surface area contributed by atoms with Gasteiger partial charge in [0.2, 0.25) is 0 Å². The van der Waals surface area contributed by atoms with Gasteiger partial charge in [-0.25, -0.2) is 9.97 Å². The number of nitrogens with zero attached hydrogens (tertiary/aromatic N) is 2. The van der Waals surface area contributed by atoms with Crippen LogP contribution in [0.4, 0.5) is 0 Å². The molecule has 0 spiro atoms.